The van der Waals surface area contributed by atoms with E-state index in [1.165, 1.54) is 6.42 Å². The van der Waals surface area contributed by atoms with Gasteiger partial charge in [0, 0.05) is 19.0 Å². The largest absolute Gasteiger partial charge is 0.497 e. The van der Waals surface area contributed by atoms with Crippen molar-refractivity contribution in [2.24, 2.45) is 5.16 Å². The molecule has 5 nitrogen and oxygen atoms in total. The molecular weight excluding hydrogens is 280 g/mol. The zero-order chi connectivity index (χ0) is 15.5. The summed E-state index contributed by atoms with van der Waals surface area (Å²) in [6.45, 7) is 2.94. The topological polar surface area (TPSA) is 51.1 Å². The van der Waals surface area contributed by atoms with E-state index in [9.17, 15) is 4.79 Å². The highest BCUT2D eigenvalue weighted by Crippen LogP contribution is 2.23. The molecule has 0 aliphatic carbocycles. The molecule has 0 spiro atoms. The molecule has 3 rings (SSSR count). The molecule has 1 aromatic carbocycles. The fraction of sp³-hybridized carbons (Fsp3) is 0.529. The fourth-order valence-electron chi connectivity index (χ4n) is 3.07. The first kappa shape index (κ1) is 14.9. The summed E-state index contributed by atoms with van der Waals surface area (Å²) in [4.78, 5) is 19.9. The summed E-state index contributed by atoms with van der Waals surface area (Å²) in [7, 11) is 1.64. The number of amides is 1. The Bertz CT molecular complexity index is 568. The molecule has 22 heavy (non-hydrogen) atoms. The van der Waals surface area contributed by atoms with Gasteiger partial charge in [-0.3, -0.25) is 4.79 Å². The van der Waals surface area contributed by atoms with Gasteiger partial charge < -0.3 is 14.5 Å². The van der Waals surface area contributed by atoms with E-state index >= 15 is 0 Å². The summed E-state index contributed by atoms with van der Waals surface area (Å²) in [5.74, 6) is 0.873. The van der Waals surface area contributed by atoms with Crippen LogP contribution >= 0.6 is 0 Å². The van der Waals surface area contributed by atoms with Crippen LogP contribution in [0, 0.1) is 0 Å². The molecular formula is C17H22N2O3. The van der Waals surface area contributed by atoms with Gasteiger partial charge in [0.05, 0.1) is 12.8 Å². The Labute approximate surface area is 130 Å². The standard InChI is InChI=1S/C17H22N2O3/c1-12-5-3-4-10-19(12)17(20)16-11-15(18-22-16)13-6-8-14(21-2)9-7-13/h6-9,12,16H,3-5,10-11H2,1-2H3/t12-,16+/m0/s1. The zero-order valence-corrected chi connectivity index (χ0v) is 13.1. The molecule has 0 aromatic heterocycles. The predicted molar refractivity (Wildman–Crippen MR) is 84.0 cm³/mol. The van der Waals surface area contributed by atoms with Crippen LogP contribution in [0.5, 0.6) is 5.75 Å². The SMILES string of the molecule is COc1ccc(C2=NO[C@@H](C(=O)N3CCCC[C@@H]3C)C2)cc1. The van der Waals surface area contributed by atoms with E-state index in [4.69, 9.17) is 9.57 Å². The molecule has 118 valence electrons. The Morgan fingerprint density at radius 3 is 2.77 bits per heavy atom. The van der Waals surface area contributed by atoms with E-state index in [-0.39, 0.29) is 5.91 Å². The van der Waals surface area contributed by atoms with Crippen molar-refractivity contribution in [3.63, 3.8) is 0 Å². The normalized spacial score (nSPS) is 24.6. The number of oxime groups is 1. The minimum absolute atomic E-state index is 0.0689. The number of hydrogen-bond donors (Lipinski definition) is 0. The second-order valence-electron chi connectivity index (χ2n) is 5.94. The molecule has 5 heteroatoms. The van der Waals surface area contributed by atoms with Crippen molar-refractivity contribution in [2.45, 2.75) is 44.8 Å². The Morgan fingerprint density at radius 1 is 1.32 bits per heavy atom. The number of piperidine rings is 1. The Kier molecular flexibility index (Phi) is 4.32. The molecule has 1 saturated heterocycles. The van der Waals surface area contributed by atoms with Gasteiger partial charge in [0.2, 0.25) is 6.10 Å². The molecule has 1 fully saturated rings. The average molecular weight is 302 g/mol. The molecule has 1 amide bonds. The van der Waals surface area contributed by atoms with Crippen LogP contribution in [0.25, 0.3) is 0 Å². The van der Waals surface area contributed by atoms with Crippen molar-refractivity contribution in [2.75, 3.05) is 13.7 Å². The highest BCUT2D eigenvalue weighted by atomic mass is 16.6. The lowest BCUT2D eigenvalue weighted by Gasteiger charge is -2.34. The monoisotopic (exact) mass is 302 g/mol. The van der Waals surface area contributed by atoms with E-state index in [0.29, 0.717) is 12.5 Å². The first-order chi connectivity index (χ1) is 10.7. The van der Waals surface area contributed by atoms with Gasteiger partial charge in [-0.1, -0.05) is 5.16 Å². The number of likely N-dealkylation sites (tertiary alicyclic amines) is 1. The summed E-state index contributed by atoms with van der Waals surface area (Å²) >= 11 is 0. The van der Waals surface area contributed by atoms with Crippen LogP contribution in [0.15, 0.2) is 29.4 Å². The second kappa shape index (κ2) is 6.38. The number of carbonyl (C=O) groups excluding carboxylic acids is 1. The van der Waals surface area contributed by atoms with Crippen LogP contribution in [0.2, 0.25) is 0 Å². The zero-order valence-electron chi connectivity index (χ0n) is 13.1. The maximum absolute atomic E-state index is 12.6. The summed E-state index contributed by atoms with van der Waals surface area (Å²) in [6, 6.07) is 7.96. The van der Waals surface area contributed by atoms with Gasteiger partial charge in [-0.25, -0.2) is 0 Å². The number of methoxy groups -OCH3 is 1. The predicted octanol–water partition coefficient (Wildman–Crippen LogP) is 2.59. The number of rotatable bonds is 3. The molecule has 0 N–H and O–H groups in total. The molecule has 0 saturated carbocycles. The third-order valence-electron chi connectivity index (χ3n) is 4.45. The van der Waals surface area contributed by atoms with E-state index < -0.39 is 6.10 Å². The van der Waals surface area contributed by atoms with Gasteiger partial charge in [-0.05, 0) is 56.0 Å². The van der Waals surface area contributed by atoms with Gasteiger partial charge in [0.15, 0.2) is 0 Å². The third kappa shape index (κ3) is 2.93. The smallest absolute Gasteiger partial charge is 0.267 e. The van der Waals surface area contributed by atoms with Crippen molar-refractivity contribution in [3.05, 3.63) is 29.8 Å². The minimum atomic E-state index is -0.474. The lowest BCUT2D eigenvalue weighted by atomic mass is 10.0. The van der Waals surface area contributed by atoms with E-state index in [1.807, 2.05) is 29.2 Å². The van der Waals surface area contributed by atoms with Crippen LogP contribution < -0.4 is 4.74 Å². The fourth-order valence-corrected chi connectivity index (χ4v) is 3.07. The minimum Gasteiger partial charge on any atom is -0.497 e. The van der Waals surface area contributed by atoms with Crippen molar-refractivity contribution in [1.29, 1.82) is 0 Å². The number of hydrogen-bond acceptors (Lipinski definition) is 4. The molecule has 2 atom stereocenters. The van der Waals surface area contributed by atoms with Crippen LogP contribution in [0.1, 0.15) is 38.2 Å². The quantitative estimate of drug-likeness (QED) is 0.862. The molecule has 0 unspecified atom stereocenters. The summed E-state index contributed by atoms with van der Waals surface area (Å²) in [5, 5.41) is 4.11. The van der Waals surface area contributed by atoms with Gasteiger partial charge >= 0.3 is 0 Å². The summed E-state index contributed by atoms with van der Waals surface area (Å²) in [6.07, 6.45) is 3.41. The molecule has 0 radical (unpaired) electrons. The maximum atomic E-state index is 12.6. The Morgan fingerprint density at radius 2 is 2.09 bits per heavy atom. The average Bonchev–Trinajstić information content (AvgIpc) is 3.05. The Balaban J connectivity index is 1.64. The molecule has 2 heterocycles. The van der Waals surface area contributed by atoms with Gasteiger partial charge in [-0.2, -0.15) is 0 Å². The van der Waals surface area contributed by atoms with Crippen molar-refractivity contribution >= 4 is 11.6 Å². The van der Waals surface area contributed by atoms with Crippen LogP contribution in [0.4, 0.5) is 0 Å². The highest BCUT2D eigenvalue weighted by molar-refractivity contribution is 6.04. The lowest BCUT2D eigenvalue weighted by Crippen LogP contribution is -2.47. The van der Waals surface area contributed by atoms with Crippen molar-refractivity contribution in [1.82, 2.24) is 4.90 Å². The molecule has 0 bridgehead atoms. The number of nitrogens with zero attached hydrogens (tertiary/aromatic N) is 2. The van der Waals surface area contributed by atoms with E-state index in [0.717, 1.165) is 36.4 Å². The van der Waals surface area contributed by atoms with Crippen LogP contribution in [0.3, 0.4) is 0 Å². The van der Waals surface area contributed by atoms with Gasteiger partial charge in [0.1, 0.15) is 5.75 Å². The van der Waals surface area contributed by atoms with Crippen LogP contribution in [-0.2, 0) is 9.63 Å². The number of benzene rings is 1. The van der Waals surface area contributed by atoms with Crippen molar-refractivity contribution in [3.8, 4) is 5.75 Å². The lowest BCUT2D eigenvalue weighted by molar-refractivity contribution is -0.145. The maximum Gasteiger partial charge on any atom is 0.267 e. The van der Waals surface area contributed by atoms with Gasteiger partial charge in [0.25, 0.3) is 5.91 Å². The highest BCUT2D eigenvalue weighted by Gasteiger charge is 2.35. The summed E-state index contributed by atoms with van der Waals surface area (Å²) < 4.78 is 5.15. The Hall–Kier alpha value is -2.04. The first-order valence-electron chi connectivity index (χ1n) is 7.86. The van der Waals surface area contributed by atoms with Crippen molar-refractivity contribution < 1.29 is 14.4 Å². The van der Waals surface area contributed by atoms with Crippen LogP contribution in [-0.4, -0.2) is 42.3 Å². The first-order valence-corrected chi connectivity index (χ1v) is 7.86. The van der Waals surface area contributed by atoms with E-state index in [1.54, 1.807) is 7.11 Å². The number of carbonyl (C=O) groups is 1. The third-order valence-corrected chi connectivity index (χ3v) is 4.45. The molecule has 1 aromatic rings. The summed E-state index contributed by atoms with van der Waals surface area (Å²) in [5.41, 5.74) is 1.80. The second-order valence-corrected chi connectivity index (χ2v) is 5.94. The number of ether oxygens (including phenoxy) is 1. The van der Waals surface area contributed by atoms with E-state index in [2.05, 4.69) is 12.1 Å². The van der Waals surface area contributed by atoms with Gasteiger partial charge in [-0.15, -0.1) is 0 Å². The molecule has 2 aliphatic heterocycles. The molecule has 2 aliphatic rings.